The van der Waals surface area contributed by atoms with Gasteiger partial charge in [0.2, 0.25) is 0 Å². The Balaban J connectivity index is 2.06. The van der Waals surface area contributed by atoms with E-state index in [1.165, 1.54) is 12.1 Å². The molecule has 0 radical (unpaired) electrons. The molecule has 1 amide bonds. The predicted octanol–water partition coefficient (Wildman–Crippen LogP) is 3.14. The summed E-state index contributed by atoms with van der Waals surface area (Å²) in [4.78, 5) is 24.4. The first-order valence-corrected chi connectivity index (χ1v) is 7.82. The van der Waals surface area contributed by atoms with Crippen LogP contribution >= 0.6 is 23.8 Å². The van der Waals surface area contributed by atoms with Crippen molar-refractivity contribution in [1.82, 2.24) is 10.2 Å². The second-order valence-corrected chi connectivity index (χ2v) is 5.88. The van der Waals surface area contributed by atoms with Crippen LogP contribution in [-0.4, -0.2) is 33.9 Å². The summed E-state index contributed by atoms with van der Waals surface area (Å²) in [5, 5.41) is 13.9. The van der Waals surface area contributed by atoms with E-state index in [1.807, 2.05) is 4.90 Å². The number of nitro groups is 1. The summed E-state index contributed by atoms with van der Waals surface area (Å²) in [6.45, 7) is 1.64. The predicted molar refractivity (Wildman–Crippen MR) is 88.2 cm³/mol. The Hall–Kier alpha value is -1.73. The summed E-state index contributed by atoms with van der Waals surface area (Å²) in [6, 6.07) is 3.93. The van der Waals surface area contributed by atoms with Crippen molar-refractivity contribution in [3.63, 3.8) is 0 Å². The molecule has 0 spiro atoms. The van der Waals surface area contributed by atoms with Gasteiger partial charge in [-0.1, -0.05) is 24.4 Å². The molecule has 1 fully saturated rings. The van der Waals surface area contributed by atoms with Gasteiger partial charge in [-0.05, 0) is 37.2 Å². The molecule has 1 aromatic carbocycles. The molecule has 0 atom stereocenters. The molecule has 8 heteroatoms. The van der Waals surface area contributed by atoms with Crippen LogP contribution in [0.1, 0.15) is 36.0 Å². The van der Waals surface area contributed by atoms with E-state index in [0.29, 0.717) is 5.11 Å². The van der Waals surface area contributed by atoms with Gasteiger partial charge in [0.25, 0.3) is 11.6 Å². The molecule has 0 aliphatic carbocycles. The summed E-state index contributed by atoms with van der Waals surface area (Å²) in [5.74, 6) is -0.464. The molecule has 1 N–H and O–H groups in total. The van der Waals surface area contributed by atoms with Crippen molar-refractivity contribution in [2.45, 2.75) is 25.7 Å². The molecule has 22 heavy (non-hydrogen) atoms. The van der Waals surface area contributed by atoms with Gasteiger partial charge in [0, 0.05) is 24.7 Å². The van der Waals surface area contributed by atoms with Crippen LogP contribution in [0.2, 0.25) is 5.02 Å². The third-order valence-corrected chi connectivity index (χ3v) is 4.20. The van der Waals surface area contributed by atoms with Crippen molar-refractivity contribution in [1.29, 1.82) is 0 Å². The fourth-order valence-electron chi connectivity index (χ4n) is 2.32. The monoisotopic (exact) mass is 341 g/mol. The van der Waals surface area contributed by atoms with Gasteiger partial charge >= 0.3 is 0 Å². The van der Waals surface area contributed by atoms with Crippen molar-refractivity contribution < 1.29 is 9.72 Å². The lowest BCUT2D eigenvalue weighted by atomic mass is 10.2. The Morgan fingerprint density at radius 2 is 1.91 bits per heavy atom. The SMILES string of the molecule is O=C(NC(=S)N1CCCCCC1)c1ccc(Cl)c([N+](=O)[O-])c1. The van der Waals surface area contributed by atoms with Gasteiger partial charge in [0.1, 0.15) is 5.02 Å². The highest BCUT2D eigenvalue weighted by molar-refractivity contribution is 7.80. The van der Waals surface area contributed by atoms with Crippen LogP contribution in [0.15, 0.2) is 18.2 Å². The van der Waals surface area contributed by atoms with E-state index in [1.54, 1.807) is 0 Å². The molecule has 118 valence electrons. The van der Waals surface area contributed by atoms with E-state index in [0.717, 1.165) is 44.8 Å². The normalized spacial score (nSPS) is 15.0. The van der Waals surface area contributed by atoms with E-state index in [-0.39, 0.29) is 16.3 Å². The number of rotatable bonds is 2. The second-order valence-electron chi connectivity index (χ2n) is 5.08. The molecule has 0 saturated carbocycles. The van der Waals surface area contributed by atoms with Crippen LogP contribution < -0.4 is 5.32 Å². The number of carbonyl (C=O) groups is 1. The standard InChI is InChI=1S/C14H16ClN3O3S/c15-11-6-5-10(9-12(11)18(20)21)13(19)16-14(22)17-7-3-1-2-4-8-17/h5-6,9H,1-4,7-8H2,(H,16,19,22). The number of likely N-dealkylation sites (tertiary alicyclic amines) is 1. The average molecular weight is 342 g/mol. The molecule has 1 saturated heterocycles. The van der Waals surface area contributed by atoms with Crippen LogP contribution in [-0.2, 0) is 0 Å². The minimum absolute atomic E-state index is 0.00311. The maximum Gasteiger partial charge on any atom is 0.288 e. The van der Waals surface area contributed by atoms with Gasteiger partial charge in [-0.25, -0.2) is 0 Å². The molecule has 1 heterocycles. The smallest absolute Gasteiger partial charge is 0.288 e. The first-order valence-electron chi connectivity index (χ1n) is 7.03. The van der Waals surface area contributed by atoms with E-state index in [2.05, 4.69) is 5.32 Å². The summed E-state index contributed by atoms with van der Waals surface area (Å²) in [7, 11) is 0. The fraction of sp³-hybridized carbons (Fsp3) is 0.429. The second kappa shape index (κ2) is 7.51. The summed E-state index contributed by atoms with van der Waals surface area (Å²) in [6.07, 6.45) is 4.41. The Kier molecular flexibility index (Phi) is 5.68. The number of nitrogens with zero attached hydrogens (tertiary/aromatic N) is 2. The summed E-state index contributed by atoms with van der Waals surface area (Å²) >= 11 is 11.0. The average Bonchev–Trinajstić information content (AvgIpc) is 2.76. The molecule has 1 aromatic rings. The van der Waals surface area contributed by atoms with Gasteiger partial charge in [0.15, 0.2) is 5.11 Å². The highest BCUT2D eigenvalue weighted by Crippen LogP contribution is 2.25. The van der Waals surface area contributed by atoms with Crippen molar-refractivity contribution in [3.05, 3.63) is 38.9 Å². The quantitative estimate of drug-likeness (QED) is 0.508. The lowest BCUT2D eigenvalue weighted by molar-refractivity contribution is -0.384. The van der Waals surface area contributed by atoms with Gasteiger partial charge in [-0.3, -0.25) is 20.2 Å². The third-order valence-electron chi connectivity index (χ3n) is 3.52. The zero-order chi connectivity index (χ0) is 16.1. The van der Waals surface area contributed by atoms with E-state index >= 15 is 0 Å². The van der Waals surface area contributed by atoms with Crippen LogP contribution in [0.3, 0.4) is 0 Å². The molecule has 1 aliphatic heterocycles. The molecule has 1 aliphatic rings. The number of halogens is 1. The number of amides is 1. The molecular formula is C14H16ClN3O3S. The molecule has 6 nitrogen and oxygen atoms in total. The Morgan fingerprint density at radius 3 is 2.50 bits per heavy atom. The van der Waals surface area contributed by atoms with E-state index in [9.17, 15) is 14.9 Å². The lowest BCUT2D eigenvalue weighted by Crippen LogP contribution is -2.43. The lowest BCUT2D eigenvalue weighted by Gasteiger charge is -2.23. The molecule has 2 rings (SSSR count). The minimum Gasteiger partial charge on any atom is -0.349 e. The van der Waals surface area contributed by atoms with Crippen LogP contribution in [0.5, 0.6) is 0 Å². The molecule has 0 unspecified atom stereocenters. The largest absolute Gasteiger partial charge is 0.349 e. The zero-order valence-corrected chi connectivity index (χ0v) is 13.5. The number of hydrogen-bond acceptors (Lipinski definition) is 4. The Labute approximate surface area is 138 Å². The van der Waals surface area contributed by atoms with Crippen LogP contribution in [0.25, 0.3) is 0 Å². The summed E-state index contributed by atoms with van der Waals surface area (Å²) < 4.78 is 0. The topological polar surface area (TPSA) is 75.5 Å². The van der Waals surface area contributed by atoms with Crippen LogP contribution in [0.4, 0.5) is 5.69 Å². The number of nitro benzene ring substituents is 1. The highest BCUT2D eigenvalue weighted by Gasteiger charge is 2.19. The zero-order valence-electron chi connectivity index (χ0n) is 11.9. The maximum atomic E-state index is 12.2. The van der Waals surface area contributed by atoms with Crippen molar-refractivity contribution in [3.8, 4) is 0 Å². The Bertz CT molecular complexity index is 601. The maximum absolute atomic E-state index is 12.2. The number of benzene rings is 1. The van der Waals surface area contributed by atoms with Gasteiger partial charge in [0.05, 0.1) is 4.92 Å². The van der Waals surface area contributed by atoms with Gasteiger partial charge in [-0.2, -0.15) is 0 Å². The Morgan fingerprint density at radius 1 is 1.27 bits per heavy atom. The fourth-order valence-corrected chi connectivity index (χ4v) is 2.78. The summed E-state index contributed by atoms with van der Waals surface area (Å²) in [5.41, 5.74) is -0.136. The highest BCUT2D eigenvalue weighted by atomic mass is 35.5. The van der Waals surface area contributed by atoms with Crippen molar-refractivity contribution in [2.24, 2.45) is 0 Å². The van der Waals surface area contributed by atoms with Gasteiger partial charge in [-0.15, -0.1) is 0 Å². The number of hydrogen-bond donors (Lipinski definition) is 1. The molecule has 0 aromatic heterocycles. The van der Waals surface area contributed by atoms with E-state index in [4.69, 9.17) is 23.8 Å². The van der Waals surface area contributed by atoms with Crippen LogP contribution in [0, 0.1) is 10.1 Å². The third kappa shape index (κ3) is 4.14. The molecule has 0 bridgehead atoms. The van der Waals surface area contributed by atoms with Crippen molar-refractivity contribution in [2.75, 3.05) is 13.1 Å². The van der Waals surface area contributed by atoms with Crippen molar-refractivity contribution >= 4 is 40.5 Å². The first kappa shape index (κ1) is 16.6. The van der Waals surface area contributed by atoms with E-state index < -0.39 is 10.8 Å². The van der Waals surface area contributed by atoms with Gasteiger partial charge < -0.3 is 4.90 Å². The first-order chi connectivity index (χ1) is 10.5. The molecular weight excluding hydrogens is 326 g/mol. The minimum atomic E-state index is -0.619. The number of carbonyl (C=O) groups excluding carboxylic acids is 1. The number of nitrogens with one attached hydrogen (secondary N) is 1. The number of thiocarbonyl (C=S) groups is 1.